The average molecular weight is 412 g/mol. The lowest BCUT2D eigenvalue weighted by atomic mass is 9.97. The Kier molecular flexibility index (Phi) is 6.25. The van der Waals surface area contributed by atoms with Crippen molar-refractivity contribution in [1.82, 2.24) is 25.0 Å². The molecule has 0 spiro atoms. The summed E-state index contributed by atoms with van der Waals surface area (Å²) in [4.78, 5) is 19.4. The molecule has 1 N–H and O–H groups in total. The van der Waals surface area contributed by atoms with Crippen LogP contribution >= 0.6 is 11.3 Å². The molecule has 1 aliphatic heterocycles. The lowest BCUT2D eigenvalue weighted by molar-refractivity contribution is -0.122. The molecular formula is C22H29N5OS. The summed E-state index contributed by atoms with van der Waals surface area (Å²) >= 11 is 1.82. The van der Waals surface area contributed by atoms with Crippen molar-refractivity contribution in [2.45, 2.75) is 45.6 Å². The number of fused-ring (bicyclic) bond motifs is 1. The summed E-state index contributed by atoms with van der Waals surface area (Å²) in [5.74, 6) is 0.643. The fourth-order valence-electron chi connectivity index (χ4n) is 4.02. The maximum atomic E-state index is 12.3. The van der Waals surface area contributed by atoms with Crippen LogP contribution in [0, 0.1) is 13.8 Å². The summed E-state index contributed by atoms with van der Waals surface area (Å²) < 4.78 is 3.28. The van der Waals surface area contributed by atoms with Crippen molar-refractivity contribution in [2.75, 3.05) is 26.2 Å². The molecule has 29 heavy (non-hydrogen) atoms. The van der Waals surface area contributed by atoms with E-state index in [0.29, 0.717) is 19.0 Å². The number of rotatable bonds is 7. The topological polar surface area (TPSA) is 63.1 Å². The van der Waals surface area contributed by atoms with Gasteiger partial charge in [-0.2, -0.15) is 5.10 Å². The number of piperidine rings is 1. The Labute approximate surface area is 175 Å². The van der Waals surface area contributed by atoms with E-state index in [1.165, 1.54) is 15.4 Å². The van der Waals surface area contributed by atoms with E-state index in [4.69, 9.17) is 4.98 Å². The van der Waals surface area contributed by atoms with Gasteiger partial charge in [0.2, 0.25) is 5.91 Å². The molecule has 154 valence electrons. The van der Waals surface area contributed by atoms with Crippen molar-refractivity contribution < 1.29 is 4.79 Å². The number of hydrogen-bond donors (Lipinski definition) is 1. The predicted octanol–water partition coefficient (Wildman–Crippen LogP) is 3.50. The SMILES string of the molecule is Cc1cc(C)n(CCCNC(=O)CN2CCC(c3nc4ccccc4s3)CC2)n1. The van der Waals surface area contributed by atoms with Crippen molar-refractivity contribution in [1.29, 1.82) is 0 Å². The Morgan fingerprint density at radius 1 is 1.24 bits per heavy atom. The van der Waals surface area contributed by atoms with Gasteiger partial charge in [0, 0.05) is 24.7 Å². The van der Waals surface area contributed by atoms with Crippen LogP contribution in [0.25, 0.3) is 10.2 Å². The first-order valence-corrected chi connectivity index (χ1v) is 11.3. The van der Waals surface area contributed by atoms with E-state index in [1.807, 2.05) is 29.0 Å². The van der Waals surface area contributed by atoms with Gasteiger partial charge in [0.15, 0.2) is 0 Å². The predicted molar refractivity (Wildman–Crippen MR) is 117 cm³/mol. The van der Waals surface area contributed by atoms with Gasteiger partial charge in [-0.15, -0.1) is 11.3 Å². The summed E-state index contributed by atoms with van der Waals surface area (Å²) in [5, 5.41) is 8.76. The van der Waals surface area contributed by atoms with Crippen molar-refractivity contribution in [3.05, 3.63) is 46.7 Å². The zero-order chi connectivity index (χ0) is 20.2. The molecule has 1 aromatic carbocycles. The summed E-state index contributed by atoms with van der Waals surface area (Å²) in [6, 6.07) is 10.4. The third kappa shape index (κ3) is 5.03. The van der Waals surface area contributed by atoms with Crippen molar-refractivity contribution in [3.8, 4) is 0 Å². The maximum absolute atomic E-state index is 12.3. The van der Waals surface area contributed by atoms with E-state index >= 15 is 0 Å². The fourth-order valence-corrected chi connectivity index (χ4v) is 5.16. The second-order valence-electron chi connectivity index (χ2n) is 7.92. The molecule has 0 bridgehead atoms. The lowest BCUT2D eigenvalue weighted by Crippen LogP contribution is -2.41. The highest BCUT2D eigenvalue weighted by Gasteiger charge is 2.24. The van der Waals surface area contributed by atoms with Gasteiger partial charge in [0.1, 0.15) is 0 Å². The molecule has 1 saturated heterocycles. The number of likely N-dealkylation sites (tertiary alicyclic amines) is 1. The number of aromatic nitrogens is 3. The smallest absolute Gasteiger partial charge is 0.234 e. The number of carbonyl (C=O) groups excluding carboxylic acids is 1. The molecule has 0 unspecified atom stereocenters. The Bertz CT molecular complexity index is 938. The third-order valence-corrected chi connectivity index (χ3v) is 6.79. The first-order chi connectivity index (χ1) is 14.1. The second-order valence-corrected chi connectivity index (χ2v) is 8.99. The second kappa shape index (κ2) is 9.05. The van der Waals surface area contributed by atoms with Crippen molar-refractivity contribution in [2.24, 2.45) is 0 Å². The van der Waals surface area contributed by atoms with Gasteiger partial charge in [0.05, 0.1) is 27.5 Å². The van der Waals surface area contributed by atoms with E-state index in [0.717, 1.165) is 50.1 Å². The number of amides is 1. The van der Waals surface area contributed by atoms with Gasteiger partial charge in [-0.05, 0) is 64.4 Å². The normalized spacial score (nSPS) is 15.8. The number of carbonyl (C=O) groups is 1. The van der Waals surface area contributed by atoms with Gasteiger partial charge in [-0.25, -0.2) is 4.98 Å². The van der Waals surface area contributed by atoms with Crippen LogP contribution in [-0.4, -0.2) is 51.8 Å². The van der Waals surface area contributed by atoms with Crippen molar-refractivity contribution in [3.63, 3.8) is 0 Å². The minimum Gasteiger partial charge on any atom is -0.355 e. The first kappa shape index (κ1) is 20.0. The molecule has 6 nitrogen and oxygen atoms in total. The molecule has 0 aliphatic carbocycles. The molecule has 3 aromatic rings. The van der Waals surface area contributed by atoms with Gasteiger partial charge in [-0.1, -0.05) is 12.1 Å². The Hall–Kier alpha value is -2.25. The third-order valence-electron chi connectivity index (χ3n) is 5.59. The number of nitrogens with zero attached hydrogens (tertiary/aromatic N) is 4. The van der Waals surface area contributed by atoms with E-state index in [1.54, 1.807) is 0 Å². The van der Waals surface area contributed by atoms with Crippen LogP contribution in [0.4, 0.5) is 0 Å². The zero-order valence-electron chi connectivity index (χ0n) is 17.2. The van der Waals surface area contributed by atoms with Gasteiger partial charge in [0.25, 0.3) is 0 Å². The van der Waals surface area contributed by atoms with E-state index in [-0.39, 0.29) is 5.91 Å². The minimum absolute atomic E-state index is 0.122. The number of aryl methyl sites for hydroxylation is 3. The number of benzene rings is 1. The molecule has 0 radical (unpaired) electrons. The summed E-state index contributed by atoms with van der Waals surface area (Å²) in [7, 11) is 0. The number of thiazole rings is 1. The van der Waals surface area contributed by atoms with Crippen LogP contribution in [0.3, 0.4) is 0 Å². The Morgan fingerprint density at radius 2 is 2.03 bits per heavy atom. The summed E-state index contributed by atoms with van der Waals surface area (Å²) in [6.07, 6.45) is 3.05. The van der Waals surface area contributed by atoms with Crippen LogP contribution in [0.2, 0.25) is 0 Å². The van der Waals surface area contributed by atoms with E-state index < -0.39 is 0 Å². The first-order valence-electron chi connectivity index (χ1n) is 10.4. The molecule has 7 heteroatoms. The molecule has 1 amide bonds. The summed E-state index contributed by atoms with van der Waals surface area (Å²) in [5.41, 5.74) is 3.32. The Morgan fingerprint density at radius 3 is 2.76 bits per heavy atom. The lowest BCUT2D eigenvalue weighted by Gasteiger charge is -2.30. The van der Waals surface area contributed by atoms with Crippen LogP contribution in [-0.2, 0) is 11.3 Å². The number of hydrogen-bond acceptors (Lipinski definition) is 5. The van der Waals surface area contributed by atoms with Crippen LogP contribution in [0.15, 0.2) is 30.3 Å². The van der Waals surface area contributed by atoms with Gasteiger partial charge < -0.3 is 5.32 Å². The number of para-hydroxylation sites is 1. The molecule has 3 heterocycles. The Balaban J connectivity index is 1.17. The van der Waals surface area contributed by atoms with E-state index in [2.05, 4.69) is 46.5 Å². The molecule has 1 fully saturated rings. The highest BCUT2D eigenvalue weighted by Crippen LogP contribution is 2.33. The van der Waals surface area contributed by atoms with Crippen LogP contribution in [0.1, 0.15) is 41.6 Å². The summed E-state index contributed by atoms with van der Waals surface area (Å²) in [6.45, 7) is 8.01. The fraction of sp³-hybridized carbons (Fsp3) is 0.500. The maximum Gasteiger partial charge on any atom is 0.234 e. The van der Waals surface area contributed by atoms with Gasteiger partial charge in [-0.3, -0.25) is 14.4 Å². The standard InChI is InChI=1S/C22H29N5OS/c1-16-14-17(2)27(25-16)11-5-10-23-21(28)15-26-12-8-18(9-13-26)22-24-19-6-3-4-7-20(19)29-22/h3-4,6-7,14,18H,5,8-13,15H2,1-2H3,(H,23,28). The quantitative estimate of drug-likeness (QED) is 0.605. The van der Waals surface area contributed by atoms with Gasteiger partial charge >= 0.3 is 0 Å². The molecular weight excluding hydrogens is 382 g/mol. The molecule has 2 aromatic heterocycles. The largest absolute Gasteiger partial charge is 0.355 e. The zero-order valence-corrected chi connectivity index (χ0v) is 18.0. The van der Waals surface area contributed by atoms with Crippen LogP contribution < -0.4 is 5.32 Å². The molecule has 0 saturated carbocycles. The van der Waals surface area contributed by atoms with Crippen LogP contribution in [0.5, 0.6) is 0 Å². The molecule has 4 rings (SSSR count). The van der Waals surface area contributed by atoms with Crippen molar-refractivity contribution >= 4 is 27.5 Å². The monoisotopic (exact) mass is 411 g/mol. The highest BCUT2D eigenvalue weighted by molar-refractivity contribution is 7.18. The average Bonchev–Trinajstić information content (AvgIpc) is 3.28. The van der Waals surface area contributed by atoms with E-state index in [9.17, 15) is 4.79 Å². The minimum atomic E-state index is 0.122. The number of nitrogens with one attached hydrogen (secondary N) is 1. The highest BCUT2D eigenvalue weighted by atomic mass is 32.1. The molecule has 1 aliphatic rings. The molecule has 0 atom stereocenters.